The lowest BCUT2D eigenvalue weighted by molar-refractivity contribution is 0.341. The second-order valence-electron chi connectivity index (χ2n) is 5.92. The predicted molar refractivity (Wildman–Crippen MR) is 110 cm³/mol. The standard InChI is InChI=1S/C21H16BrN3O2/c1-2-27-18-9-4-3-8-15(18)16-11-17(13-6-5-7-14(22)10-13)25-20-19(16)21(26)24-12-23-20/h3-12H,2H2,1H3,(H,23,24,25,26). The minimum atomic E-state index is -0.227. The Labute approximate surface area is 164 Å². The van der Waals surface area contributed by atoms with Gasteiger partial charge in [0.25, 0.3) is 5.56 Å². The topological polar surface area (TPSA) is 67.9 Å². The summed E-state index contributed by atoms with van der Waals surface area (Å²) in [4.78, 5) is 24.1. The van der Waals surface area contributed by atoms with Gasteiger partial charge in [-0.3, -0.25) is 4.79 Å². The van der Waals surface area contributed by atoms with Crippen LogP contribution in [0.5, 0.6) is 5.75 Å². The third-order valence-corrected chi connectivity index (χ3v) is 4.70. The molecule has 0 fully saturated rings. The molecule has 1 N–H and O–H groups in total. The number of halogens is 1. The molecule has 6 heteroatoms. The van der Waals surface area contributed by atoms with Crippen molar-refractivity contribution in [3.8, 4) is 28.1 Å². The molecule has 134 valence electrons. The first-order valence-corrected chi connectivity index (χ1v) is 9.33. The molecule has 4 aromatic rings. The van der Waals surface area contributed by atoms with Crippen molar-refractivity contribution in [2.45, 2.75) is 6.92 Å². The first-order valence-electron chi connectivity index (χ1n) is 8.54. The summed E-state index contributed by atoms with van der Waals surface area (Å²) in [5.41, 5.74) is 3.42. The molecule has 5 nitrogen and oxygen atoms in total. The number of rotatable bonds is 4. The average molecular weight is 422 g/mol. The van der Waals surface area contributed by atoms with Crippen molar-refractivity contribution in [1.82, 2.24) is 15.0 Å². The first-order chi connectivity index (χ1) is 13.2. The van der Waals surface area contributed by atoms with Crippen molar-refractivity contribution in [2.75, 3.05) is 6.61 Å². The highest BCUT2D eigenvalue weighted by Crippen LogP contribution is 2.35. The smallest absolute Gasteiger partial charge is 0.260 e. The molecule has 0 atom stereocenters. The zero-order chi connectivity index (χ0) is 18.8. The lowest BCUT2D eigenvalue weighted by Gasteiger charge is -2.13. The van der Waals surface area contributed by atoms with Crippen LogP contribution in [0.1, 0.15) is 6.92 Å². The van der Waals surface area contributed by atoms with Gasteiger partial charge in [-0.2, -0.15) is 0 Å². The Morgan fingerprint density at radius 3 is 2.74 bits per heavy atom. The van der Waals surface area contributed by atoms with Crippen LogP contribution in [-0.4, -0.2) is 21.6 Å². The molecular weight excluding hydrogens is 406 g/mol. The quantitative estimate of drug-likeness (QED) is 0.513. The number of hydrogen-bond donors (Lipinski definition) is 1. The lowest BCUT2D eigenvalue weighted by Crippen LogP contribution is -2.09. The van der Waals surface area contributed by atoms with Crippen LogP contribution in [0.15, 0.2) is 70.2 Å². The summed E-state index contributed by atoms with van der Waals surface area (Å²) in [6, 6.07) is 17.5. The number of benzene rings is 2. The zero-order valence-electron chi connectivity index (χ0n) is 14.6. The summed E-state index contributed by atoms with van der Waals surface area (Å²) in [6.07, 6.45) is 1.38. The highest BCUT2D eigenvalue weighted by molar-refractivity contribution is 9.10. The van der Waals surface area contributed by atoms with Gasteiger partial charge in [-0.25, -0.2) is 9.97 Å². The molecule has 0 saturated heterocycles. The zero-order valence-corrected chi connectivity index (χ0v) is 16.2. The van der Waals surface area contributed by atoms with E-state index in [1.54, 1.807) is 0 Å². The molecule has 0 unspecified atom stereocenters. The summed E-state index contributed by atoms with van der Waals surface area (Å²) < 4.78 is 6.74. The number of nitrogens with zero attached hydrogens (tertiary/aromatic N) is 2. The van der Waals surface area contributed by atoms with Crippen LogP contribution in [0, 0.1) is 0 Å². The van der Waals surface area contributed by atoms with Gasteiger partial charge in [-0.05, 0) is 31.2 Å². The van der Waals surface area contributed by atoms with Gasteiger partial charge in [0.05, 0.1) is 24.0 Å². The number of fused-ring (bicyclic) bond motifs is 1. The molecule has 0 spiro atoms. The van der Waals surface area contributed by atoms with E-state index >= 15 is 0 Å². The molecule has 0 bridgehead atoms. The van der Waals surface area contributed by atoms with Crippen LogP contribution in [0.4, 0.5) is 0 Å². The summed E-state index contributed by atoms with van der Waals surface area (Å²) in [6.45, 7) is 2.47. The fraction of sp³-hybridized carbons (Fsp3) is 0.0952. The Bertz CT molecular complexity index is 1190. The first kappa shape index (κ1) is 17.4. The van der Waals surface area contributed by atoms with E-state index in [0.717, 1.165) is 32.6 Å². The molecule has 2 heterocycles. The van der Waals surface area contributed by atoms with Crippen molar-refractivity contribution in [2.24, 2.45) is 0 Å². The maximum Gasteiger partial charge on any atom is 0.260 e. The van der Waals surface area contributed by atoms with Crippen molar-refractivity contribution in [1.29, 1.82) is 0 Å². The van der Waals surface area contributed by atoms with Gasteiger partial charge in [-0.1, -0.05) is 46.3 Å². The molecule has 0 aliphatic carbocycles. The van der Waals surface area contributed by atoms with Gasteiger partial charge >= 0.3 is 0 Å². The molecule has 4 rings (SSSR count). The average Bonchev–Trinajstić information content (AvgIpc) is 2.68. The monoisotopic (exact) mass is 421 g/mol. The maximum atomic E-state index is 12.6. The summed E-state index contributed by atoms with van der Waals surface area (Å²) in [5, 5.41) is 0.448. The summed E-state index contributed by atoms with van der Waals surface area (Å²) >= 11 is 3.50. The van der Waals surface area contributed by atoms with Crippen LogP contribution in [-0.2, 0) is 0 Å². The largest absolute Gasteiger partial charge is 0.493 e. The maximum absolute atomic E-state index is 12.6. The predicted octanol–water partition coefficient (Wildman–Crippen LogP) is 4.81. The van der Waals surface area contributed by atoms with E-state index in [0.29, 0.717) is 17.6 Å². The normalized spacial score (nSPS) is 10.9. The highest BCUT2D eigenvalue weighted by atomic mass is 79.9. The number of H-pyrrole nitrogens is 1. The number of aromatic nitrogens is 3. The fourth-order valence-corrected chi connectivity index (χ4v) is 3.45. The van der Waals surface area contributed by atoms with Crippen LogP contribution in [0.25, 0.3) is 33.4 Å². The van der Waals surface area contributed by atoms with Gasteiger partial charge in [0.1, 0.15) is 5.75 Å². The van der Waals surface area contributed by atoms with Crippen molar-refractivity contribution in [3.63, 3.8) is 0 Å². The molecule has 0 amide bonds. The molecule has 0 radical (unpaired) electrons. The second-order valence-corrected chi connectivity index (χ2v) is 6.84. The van der Waals surface area contributed by atoms with E-state index < -0.39 is 0 Å². The number of para-hydroxylation sites is 1. The molecule has 27 heavy (non-hydrogen) atoms. The molecule has 2 aromatic heterocycles. The van der Waals surface area contributed by atoms with Crippen molar-refractivity contribution in [3.05, 3.63) is 75.8 Å². The highest BCUT2D eigenvalue weighted by Gasteiger charge is 2.16. The van der Waals surface area contributed by atoms with Crippen molar-refractivity contribution >= 4 is 27.0 Å². The summed E-state index contributed by atoms with van der Waals surface area (Å²) in [5.74, 6) is 0.718. The number of aromatic amines is 1. The van der Waals surface area contributed by atoms with E-state index in [1.165, 1.54) is 6.33 Å². The van der Waals surface area contributed by atoms with Gasteiger partial charge in [0, 0.05) is 21.2 Å². The van der Waals surface area contributed by atoms with Crippen LogP contribution < -0.4 is 10.3 Å². The molecule has 0 saturated carbocycles. The minimum Gasteiger partial charge on any atom is -0.493 e. The van der Waals surface area contributed by atoms with Gasteiger partial charge in [-0.15, -0.1) is 0 Å². The molecule has 0 aliphatic heterocycles. The molecular formula is C21H16BrN3O2. The van der Waals surface area contributed by atoms with E-state index in [2.05, 4.69) is 30.9 Å². The van der Waals surface area contributed by atoms with Crippen LogP contribution >= 0.6 is 15.9 Å². The number of pyridine rings is 1. The van der Waals surface area contributed by atoms with Crippen molar-refractivity contribution < 1.29 is 4.74 Å². The SMILES string of the molecule is CCOc1ccccc1-c1cc(-c2cccc(Br)c2)nc2nc[nH]c(=O)c12. The third kappa shape index (κ3) is 3.36. The summed E-state index contributed by atoms with van der Waals surface area (Å²) in [7, 11) is 0. The van der Waals surface area contributed by atoms with Gasteiger partial charge < -0.3 is 9.72 Å². The number of hydrogen-bond acceptors (Lipinski definition) is 4. The van der Waals surface area contributed by atoms with E-state index in [9.17, 15) is 4.79 Å². The van der Waals surface area contributed by atoms with Crippen LogP contribution in [0.2, 0.25) is 0 Å². The van der Waals surface area contributed by atoms with Gasteiger partial charge in [0.15, 0.2) is 5.65 Å². The molecule has 2 aromatic carbocycles. The third-order valence-electron chi connectivity index (χ3n) is 4.21. The van der Waals surface area contributed by atoms with E-state index in [1.807, 2.05) is 61.5 Å². The number of ether oxygens (including phenoxy) is 1. The Morgan fingerprint density at radius 1 is 1.07 bits per heavy atom. The minimum absolute atomic E-state index is 0.227. The Kier molecular flexibility index (Phi) is 4.73. The Balaban J connectivity index is 2.06. The number of nitrogens with one attached hydrogen (secondary N) is 1. The Morgan fingerprint density at radius 2 is 1.93 bits per heavy atom. The van der Waals surface area contributed by atoms with E-state index in [-0.39, 0.29) is 5.56 Å². The van der Waals surface area contributed by atoms with Crippen LogP contribution in [0.3, 0.4) is 0 Å². The Hall–Kier alpha value is -2.99. The van der Waals surface area contributed by atoms with E-state index in [4.69, 9.17) is 4.74 Å². The van der Waals surface area contributed by atoms with Gasteiger partial charge in [0.2, 0.25) is 0 Å². The second kappa shape index (κ2) is 7.32. The molecule has 0 aliphatic rings. The fourth-order valence-electron chi connectivity index (χ4n) is 3.05. The lowest BCUT2D eigenvalue weighted by atomic mass is 9.99.